The fourth-order valence-corrected chi connectivity index (χ4v) is 2.73. The van der Waals surface area contributed by atoms with Crippen molar-refractivity contribution in [2.24, 2.45) is 0 Å². The van der Waals surface area contributed by atoms with Gasteiger partial charge in [-0.2, -0.15) is 5.10 Å². The van der Waals surface area contributed by atoms with E-state index < -0.39 is 0 Å². The predicted octanol–water partition coefficient (Wildman–Crippen LogP) is 4.60. The van der Waals surface area contributed by atoms with Gasteiger partial charge in [-0.3, -0.25) is 4.79 Å². The summed E-state index contributed by atoms with van der Waals surface area (Å²) < 4.78 is 1.78. The molecule has 0 atom stereocenters. The number of hydrogen-bond donors (Lipinski definition) is 1. The maximum Gasteiger partial charge on any atom is 0.260 e. The van der Waals surface area contributed by atoms with Gasteiger partial charge in [0.05, 0.1) is 23.1 Å². The van der Waals surface area contributed by atoms with Crippen molar-refractivity contribution in [3.05, 3.63) is 70.6 Å². The topological polar surface area (TPSA) is 59.8 Å². The van der Waals surface area contributed by atoms with Crippen LogP contribution in [0.15, 0.2) is 48.8 Å². The molecule has 0 aliphatic carbocycles. The zero-order chi connectivity index (χ0) is 18.0. The van der Waals surface area contributed by atoms with Crippen molar-refractivity contribution in [3.63, 3.8) is 0 Å². The third kappa shape index (κ3) is 3.72. The van der Waals surface area contributed by atoms with Crippen molar-refractivity contribution < 1.29 is 4.79 Å². The second kappa shape index (κ2) is 7.07. The Hall–Kier alpha value is -2.66. The first-order chi connectivity index (χ1) is 12.0. The van der Waals surface area contributed by atoms with Crippen molar-refractivity contribution in [1.29, 1.82) is 0 Å². The number of carbonyl (C=O) groups excluding carboxylic acids is 1. The molecule has 0 aliphatic rings. The van der Waals surface area contributed by atoms with Crippen LogP contribution >= 0.6 is 11.6 Å². The van der Waals surface area contributed by atoms with Crippen LogP contribution in [0.5, 0.6) is 0 Å². The lowest BCUT2D eigenvalue weighted by Gasteiger charge is -2.13. The van der Waals surface area contributed by atoms with E-state index in [-0.39, 0.29) is 11.8 Å². The molecule has 1 amide bonds. The number of benzene rings is 1. The van der Waals surface area contributed by atoms with E-state index in [0.717, 1.165) is 16.9 Å². The van der Waals surface area contributed by atoms with Crippen LogP contribution < -0.4 is 5.32 Å². The van der Waals surface area contributed by atoms with Gasteiger partial charge < -0.3 is 5.32 Å². The number of amides is 1. The zero-order valence-electron chi connectivity index (χ0n) is 14.3. The Balaban J connectivity index is 1.94. The fraction of sp³-hybridized carbons (Fsp3) is 0.211. The molecule has 3 aromatic rings. The number of nitrogens with zero attached hydrogens (tertiary/aromatic N) is 3. The number of aromatic nitrogens is 3. The molecule has 6 heteroatoms. The van der Waals surface area contributed by atoms with Crippen LogP contribution in [0.1, 0.15) is 41.4 Å². The Morgan fingerprint density at radius 2 is 1.84 bits per heavy atom. The minimum absolute atomic E-state index is 0.116. The van der Waals surface area contributed by atoms with Gasteiger partial charge in [-0.25, -0.2) is 9.67 Å². The summed E-state index contributed by atoms with van der Waals surface area (Å²) in [6.07, 6.45) is 3.31. The van der Waals surface area contributed by atoms with E-state index in [1.54, 1.807) is 35.3 Å². The van der Waals surface area contributed by atoms with Crippen LogP contribution in [-0.2, 0) is 0 Å². The quantitative estimate of drug-likeness (QED) is 0.744. The van der Waals surface area contributed by atoms with Gasteiger partial charge in [0.15, 0.2) is 0 Å². The molecule has 3 rings (SSSR count). The first-order valence-corrected chi connectivity index (χ1v) is 8.41. The minimum atomic E-state index is -0.222. The van der Waals surface area contributed by atoms with E-state index >= 15 is 0 Å². The van der Waals surface area contributed by atoms with Gasteiger partial charge in [0.1, 0.15) is 5.82 Å². The van der Waals surface area contributed by atoms with Gasteiger partial charge in [0.25, 0.3) is 5.91 Å². The number of anilines is 1. The van der Waals surface area contributed by atoms with Crippen LogP contribution in [0.3, 0.4) is 0 Å². The average molecular weight is 355 g/mol. The molecule has 2 heterocycles. The number of halogens is 1. The Kier molecular flexibility index (Phi) is 4.86. The Morgan fingerprint density at radius 1 is 1.12 bits per heavy atom. The molecular weight excluding hydrogens is 336 g/mol. The maximum absolute atomic E-state index is 12.7. The van der Waals surface area contributed by atoms with Crippen molar-refractivity contribution >= 4 is 23.3 Å². The summed E-state index contributed by atoms with van der Waals surface area (Å²) in [4.78, 5) is 16.9. The Bertz CT molecular complexity index is 883. The molecular formula is C19H19ClN4O. The second-order valence-corrected chi connectivity index (χ2v) is 6.60. The monoisotopic (exact) mass is 354 g/mol. The lowest BCUT2D eigenvalue weighted by atomic mass is 10.0. The largest absolute Gasteiger partial charge is 0.306 e. The molecule has 0 unspecified atom stereocenters. The first-order valence-electron chi connectivity index (χ1n) is 8.03. The number of carbonyl (C=O) groups is 1. The molecule has 25 heavy (non-hydrogen) atoms. The predicted molar refractivity (Wildman–Crippen MR) is 99.6 cm³/mol. The van der Waals surface area contributed by atoms with Crippen molar-refractivity contribution in [1.82, 2.24) is 14.8 Å². The molecule has 0 fully saturated rings. The summed E-state index contributed by atoms with van der Waals surface area (Å²) in [7, 11) is 0. The number of nitrogens with one attached hydrogen (secondary N) is 1. The molecule has 0 aliphatic heterocycles. The van der Waals surface area contributed by atoms with Gasteiger partial charge in [-0.05, 0) is 48.7 Å². The van der Waals surface area contributed by atoms with Crippen LogP contribution in [0, 0.1) is 6.92 Å². The molecule has 5 nitrogen and oxygen atoms in total. The van der Waals surface area contributed by atoms with E-state index in [1.807, 2.05) is 39.0 Å². The second-order valence-electron chi connectivity index (χ2n) is 6.16. The molecule has 1 N–H and O–H groups in total. The standard InChI is InChI=1S/C19H19ClN4O/c1-12(2)18-16(19(25)23-17-9-4-13(3)10-21-17)11-22-24(18)15-7-5-14(20)6-8-15/h4-12H,1-3H3,(H,21,23,25). The number of aryl methyl sites for hydroxylation is 1. The van der Waals surface area contributed by atoms with Crippen molar-refractivity contribution in [3.8, 4) is 5.69 Å². The summed E-state index contributed by atoms with van der Waals surface area (Å²) in [6.45, 7) is 6.01. The average Bonchev–Trinajstić information content (AvgIpc) is 3.03. The first kappa shape index (κ1) is 17.2. The molecule has 0 spiro atoms. The highest BCUT2D eigenvalue weighted by atomic mass is 35.5. The summed E-state index contributed by atoms with van der Waals surface area (Å²) in [5.74, 6) is 0.412. The highest BCUT2D eigenvalue weighted by Gasteiger charge is 2.21. The van der Waals surface area contributed by atoms with Crippen molar-refractivity contribution in [2.45, 2.75) is 26.7 Å². The van der Waals surface area contributed by atoms with Crippen LogP contribution in [0.25, 0.3) is 5.69 Å². The van der Waals surface area contributed by atoms with E-state index in [2.05, 4.69) is 15.4 Å². The molecule has 0 bridgehead atoms. The van der Waals surface area contributed by atoms with Crippen molar-refractivity contribution in [2.75, 3.05) is 5.32 Å². The highest BCUT2D eigenvalue weighted by molar-refractivity contribution is 6.30. The van der Waals surface area contributed by atoms with Crippen LogP contribution in [0.2, 0.25) is 5.02 Å². The summed E-state index contributed by atoms with van der Waals surface area (Å²) in [5.41, 5.74) is 3.27. The maximum atomic E-state index is 12.7. The highest BCUT2D eigenvalue weighted by Crippen LogP contribution is 2.24. The summed E-state index contributed by atoms with van der Waals surface area (Å²) in [6, 6.07) is 11.1. The molecule has 0 saturated carbocycles. The Morgan fingerprint density at radius 3 is 2.44 bits per heavy atom. The zero-order valence-corrected chi connectivity index (χ0v) is 15.1. The van der Waals surface area contributed by atoms with Gasteiger partial charge in [0.2, 0.25) is 0 Å². The summed E-state index contributed by atoms with van der Waals surface area (Å²) >= 11 is 5.96. The third-order valence-corrected chi connectivity index (χ3v) is 4.07. The van der Waals surface area contributed by atoms with Gasteiger partial charge >= 0.3 is 0 Å². The number of hydrogen-bond acceptors (Lipinski definition) is 3. The van der Waals surface area contributed by atoms with E-state index in [0.29, 0.717) is 16.4 Å². The van der Waals surface area contributed by atoms with E-state index in [9.17, 15) is 4.79 Å². The van der Waals surface area contributed by atoms with Gasteiger partial charge in [0, 0.05) is 11.2 Å². The lowest BCUT2D eigenvalue weighted by Crippen LogP contribution is -2.16. The normalized spacial score (nSPS) is 10.9. The van der Waals surface area contributed by atoms with Crippen LogP contribution in [0.4, 0.5) is 5.82 Å². The number of pyridine rings is 1. The van der Waals surface area contributed by atoms with Gasteiger partial charge in [-0.15, -0.1) is 0 Å². The summed E-state index contributed by atoms with van der Waals surface area (Å²) in [5, 5.41) is 7.89. The van der Waals surface area contributed by atoms with Gasteiger partial charge in [-0.1, -0.05) is 31.5 Å². The molecule has 1 aromatic carbocycles. The lowest BCUT2D eigenvalue weighted by molar-refractivity contribution is 0.102. The fourth-order valence-electron chi connectivity index (χ4n) is 2.60. The van der Waals surface area contributed by atoms with E-state index in [4.69, 9.17) is 11.6 Å². The molecule has 0 saturated heterocycles. The Labute approximate surface area is 151 Å². The third-order valence-electron chi connectivity index (χ3n) is 3.82. The molecule has 2 aromatic heterocycles. The smallest absolute Gasteiger partial charge is 0.260 e. The SMILES string of the molecule is Cc1ccc(NC(=O)c2cnn(-c3ccc(Cl)cc3)c2C(C)C)nc1. The molecule has 128 valence electrons. The van der Waals surface area contributed by atoms with E-state index in [1.165, 1.54) is 0 Å². The molecule has 0 radical (unpaired) electrons. The van der Waals surface area contributed by atoms with Crippen LogP contribution in [-0.4, -0.2) is 20.7 Å². The number of rotatable bonds is 4. The minimum Gasteiger partial charge on any atom is -0.306 e.